The summed E-state index contributed by atoms with van der Waals surface area (Å²) in [5.41, 5.74) is 8.35. The lowest BCUT2D eigenvalue weighted by Crippen LogP contribution is -2.52. The highest BCUT2D eigenvalue weighted by Crippen LogP contribution is 2.28. The van der Waals surface area contributed by atoms with E-state index in [0.29, 0.717) is 0 Å². The molecule has 4 nitrogen and oxygen atoms in total. The van der Waals surface area contributed by atoms with Crippen molar-refractivity contribution in [3.8, 4) is 0 Å². The van der Waals surface area contributed by atoms with Crippen molar-refractivity contribution in [2.75, 3.05) is 24.5 Å². The highest BCUT2D eigenvalue weighted by Gasteiger charge is 2.36. The summed E-state index contributed by atoms with van der Waals surface area (Å²) in [6.45, 7) is 2.80. The average molecular weight is 287 g/mol. The van der Waals surface area contributed by atoms with Gasteiger partial charge in [0.15, 0.2) is 0 Å². The molecule has 0 bridgehead atoms. The molecule has 1 aromatic carbocycles. The van der Waals surface area contributed by atoms with Gasteiger partial charge in [-0.2, -0.15) is 0 Å². The van der Waals surface area contributed by atoms with Crippen LogP contribution in [0.4, 0.5) is 5.69 Å². The third-order valence-electron chi connectivity index (χ3n) is 4.82. The number of hydrogen-bond donors (Lipinski definition) is 2. The van der Waals surface area contributed by atoms with E-state index in [9.17, 15) is 4.79 Å². The average Bonchev–Trinajstić information content (AvgIpc) is 3.11. The molecule has 0 aromatic heterocycles. The van der Waals surface area contributed by atoms with Gasteiger partial charge in [-0.25, -0.2) is 0 Å². The molecule has 1 heterocycles. The molecular weight excluding hydrogens is 262 g/mol. The van der Waals surface area contributed by atoms with Crippen LogP contribution in [0.25, 0.3) is 0 Å². The minimum Gasteiger partial charge on any atom is -0.371 e. The molecule has 0 radical (unpaired) electrons. The first-order chi connectivity index (χ1) is 10.2. The zero-order valence-electron chi connectivity index (χ0n) is 12.6. The van der Waals surface area contributed by atoms with Crippen molar-refractivity contribution in [1.82, 2.24) is 5.32 Å². The van der Waals surface area contributed by atoms with E-state index in [2.05, 4.69) is 34.5 Å². The second-order valence-corrected chi connectivity index (χ2v) is 6.34. The van der Waals surface area contributed by atoms with Crippen molar-refractivity contribution in [2.24, 2.45) is 5.73 Å². The van der Waals surface area contributed by atoms with Crippen LogP contribution in [0.3, 0.4) is 0 Å². The van der Waals surface area contributed by atoms with E-state index in [-0.39, 0.29) is 5.91 Å². The molecule has 1 fully saturated rings. The van der Waals surface area contributed by atoms with Crippen molar-refractivity contribution in [1.29, 1.82) is 0 Å². The number of fused-ring (bicyclic) bond motifs is 1. The van der Waals surface area contributed by atoms with Gasteiger partial charge in [0.05, 0.1) is 5.54 Å². The SMILES string of the molecule is NC1(C(=O)NCCCN2CCc3ccccc32)CCCC1. The number of carbonyl (C=O) groups excluding carboxylic acids is 1. The van der Waals surface area contributed by atoms with Gasteiger partial charge < -0.3 is 16.0 Å². The Morgan fingerprint density at radius 2 is 2.05 bits per heavy atom. The first kappa shape index (κ1) is 14.4. The van der Waals surface area contributed by atoms with Crippen LogP contribution in [-0.2, 0) is 11.2 Å². The number of benzene rings is 1. The highest BCUT2D eigenvalue weighted by atomic mass is 16.2. The smallest absolute Gasteiger partial charge is 0.240 e. The summed E-state index contributed by atoms with van der Waals surface area (Å²) in [6.07, 6.45) is 5.92. The number of carbonyl (C=O) groups is 1. The Kier molecular flexibility index (Phi) is 4.15. The fourth-order valence-electron chi connectivity index (χ4n) is 3.52. The number of nitrogens with two attached hydrogens (primary N) is 1. The largest absolute Gasteiger partial charge is 0.371 e. The van der Waals surface area contributed by atoms with E-state index in [1.807, 2.05) is 0 Å². The number of anilines is 1. The molecule has 1 aromatic rings. The van der Waals surface area contributed by atoms with Gasteiger partial charge in [-0.05, 0) is 37.3 Å². The van der Waals surface area contributed by atoms with E-state index in [0.717, 1.165) is 58.2 Å². The Morgan fingerprint density at radius 3 is 2.86 bits per heavy atom. The predicted molar refractivity (Wildman–Crippen MR) is 85.4 cm³/mol. The lowest BCUT2D eigenvalue weighted by Gasteiger charge is -2.23. The summed E-state index contributed by atoms with van der Waals surface area (Å²) < 4.78 is 0. The summed E-state index contributed by atoms with van der Waals surface area (Å²) >= 11 is 0. The number of rotatable bonds is 5. The van der Waals surface area contributed by atoms with E-state index < -0.39 is 5.54 Å². The molecule has 0 unspecified atom stereocenters. The molecule has 1 saturated carbocycles. The minimum absolute atomic E-state index is 0.0434. The van der Waals surface area contributed by atoms with Crippen molar-refractivity contribution < 1.29 is 4.79 Å². The van der Waals surface area contributed by atoms with Crippen LogP contribution >= 0.6 is 0 Å². The molecule has 4 heteroatoms. The van der Waals surface area contributed by atoms with Gasteiger partial charge in [0.2, 0.25) is 5.91 Å². The molecule has 1 amide bonds. The summed E-state index contributed by atoms with van der Waals surface area (Å²) in [5.74, 6) is 0.0434. The van der Waals surface area contributed by atoms with E-state index >= 15 is 0 Å². The number of para-hydroxylation sites is 1. The lowest BCUT2D eigenvalue weighted by atomic mass is 9.98. The maximum absolute atomic E-state index is 12.1. The fourth-order valence-corrected chi connectivity index (χ4v) is 3.52. The number of nitrogens with zero attached hydrogens (tertiary/aromatic N) is 1. The maximum Gasteiger partial charge on any atom is 0.240 e. The van der Waals surface area contributed by atoms with Gasteiger partial charge in [-0.3, -0.25) is 4.79 Å². The zero-order valence-corrected chi connectivity index (χ0v) is 12.6. The first-order valence-electron chi connectivity index (χ1n) is 8.09. The Bertz CT molecular complexity index is 509. The van der Waals surface area contributed by atoms with Crippen molar-refractivity contribution in [2.45, 2.75) is 44.1 Å². The Hall–Kier alpha value is -1.55. The van der Waals surface area contributed by atoms with E-state index in [1.54, 1.807) is 0 Å². The molecule has 3 N–H and O–H groups in total. The minimum atomic E-state index is -0.597. The van der Waals surface area contributed by atoms with Crippen LogP contribution < -0.4 is 16.0 Å². The normalized spacial score (nSPS) is 19.6. The lowest BCUT2D eigenvalue weighted by molar-refractivity contribution is -0.126. The molecule has 2 aliphatic rings. The van der Waals surface area contributed by atoms with Crippen LogP contribution in [-0.4, -0.2) is 31.1 Å². The number of amides is 1. The maximum atomic E-state index is 12.1. The molecule has 21 heavy (non-hydrogen) atoms. The van der Waals surface area contributed by atoms with Crippen LogP contribution in [0.1, 0.15) is 37.7 Å². The monoisotopic (exact) mass is 287 g/mol. The van der Waals surface area contributed by atoms with Gasteiger partial charge in [0.1, 0.15) is 0 Å². The Labute approximate surface area is 126 Å². The van der Waals surface area contributed by atoms with Crippen LogP contribution in [0.5, 0.6) is 0 Å². The molecule has 1 aliphatic heterocycles. The molecule has 1 aliphatic carbocycles. The number of hydrogen-bond acceptors (Lipinski definition) is 3. The third kappa shape index (κ3) is 3.05. The second-order valence-electron chi connectivity index (χ2n) is 6.34. The topological polar surface area (TPSA) is 58.4 Å². The second kappa shape index (κ2) is 6.06. The molecule has 0 atom stereocenters. The zero-order chi connectivity index (χ0) is 14.7. The number of nitrogens with one attached hydrogen (secondary N) is 1. The predicted octanol–water partition coefficient (Wildman–Crippen LogP) is 1.83. The molecule has 114 valence electrons. The summed E-state index contributed by atoms with van der Waals surface area (Å²) in [5, 5.41) is 3.02. The summed E-state index contributed by atoms with van der Waals surface area (Å²) in [6, 6.07) is 8.59. The van der Waals surface area contributed by atoms with Crippen LogP contribution in [0.2, 0.25) is 0 Å². The van der Waals surface area contributed by atoms with Crippen LogP contribution in [0.15, 0.2) is 24.3 Å². The highest BCUT2D eigenvalue weighted by molar-refractivity contribution is 5.86. The molecular formula is C17H25N3O. The molecule has 0 saturated heterocycles. The Balaban J connectivity index is 1.42. The van der Waals surface area contributed by atoms with Gasteiger partial charge in [0, 0.05) is 25.3 Å². The van der Waals surface area contributed by atoms with Crippen LogP contribution in [0, 0.1) is 0 Å². The van der Waals surface area contributed by atoms with Gasteiger partial charge in [-0.1, -0.05) is 31.0 Å². The summed E-state index contributed by atoms with van der Waals surface area (Å²) in [7, 11) is 0. The van der Waals surface area contributed by atoms with E-state index in [4.69, 9.17) is 5.73 Å². The third-order valence-corrected chi connectivity index (χ3v) is 4.82. The standard InChI is InChI=1S/C17H25N3O/c18-17(9-3-4-10-17)16(21)19-11-5-12-20-13-8-14-6-1-2-7-15(14)20/h1-2,6-7H,3-5,8-13,18H2,(H,19,21). The first-order valence-corrected chi connectivity index (χ1v) is 8.09. The quantitative estimate of drug-likeness (QED) is 0.812. The molecule has 0 spiro atoms. The van der Waals surface area contributed by atoms with Gasteiger partial charge in [0.25, 0.3) is 0 Å². The van der Waals surface area contributed by atoms with Gasteiger partial charge >= 0.3 is 0 Å². The van der Waals surface area contributed by atoms with Gasteiger partial charge in [-0.15, -0.1) is 0 Å². The van der Waals surface area contributed by atoms with E-state index in [1.165, 1.54) is 11.3 Å². The van der Waals surface area contributed by atoms with Crippen molar-refractivity contribution in [3.05, 3.63) is 29.8 Å². The summed E-state index contributed by atoms with van der Waals surface area (Å²) in [4.78, 5) is 14.5. The van der Waals surface area contributed by atoms with Crippen molar-refractivity contribution >= 4 is 11.6 Å². The van der Waals surface area contributed by atoms with Crippen molar-refractivity contribution in [3.63, 3.8) is 0 Å². The molecule has 3 rings (SSSR count). The Morgan fingerprint density at radius 1 is 1.29 bits per heavy atom. The fraction of sp³-hybridized carbons (Fsp3) is 0.588.